The van der Waals surface area contributed by atoms with Crippen molar-refractivity contribution < 1.29 is 72.5 Å². The molecule has 0 spiro atoms. The lowest BCUT2D eigenvalue weighted by Crippen LogP contribution is -2.25. The number of benzene rings is 3. The van der Waals surface area contributed by atoms with Crippen molar-refractivity contribution >= 4 is 35.8 Å². The average Bonchev–Trinajstić information content (AvgIpc) is 3.35. The second-order valence-corrected chi connectivity index (χ2v) is 15.0. The first-order valence-corrected chi connectivity index (χ1v) is 21.1. The molecule has 15 heteroatoms. The average molecular weight is 937 g/mol. The third-order valence-corrected chi connectivity index (χ3v) is 8.81. The molecule has 378 valence electrons. The summed E-state index contributed by atoms with van der Waals surface area (Å²) < 4.78 is 28.1. The molecule has 0 unspecified atom stereocenters. The topological polar surface area (TPSA) is 218 Å². The first-order chi connectivity index (χ1) is 31.0. The Hall–Kier alpha value is -5.64. The zero-order valence-corrected chi connectivity index (χ0v) is 43.1. The molecule has 3 rings (SSSR count). The van der Waals surface area contributed by atoms with Gasteiger partial charge in [-0.1, -0.05) is 112 Å². The summed E-state index contributed by atoms with van der Waals surface area (Å²) in [4.78, 5) is 63.7. The van der Waals surface area contributed by atoms with Crippen molar-refractivity contribution in [2.75, 3.05) is 42.7 Å². The van der Waals surface area contributed by atoms with Gasteiger partial charge < -0.3 is 43.7 Å². The summed E-state index contributed by atoms with van der Waals surface area (Å²) in [5.41, 5.74) is 1.94. The van der Waals surface area contributed by atoms with E-state index >= 15 is 0 Å². The van der Waals surface area contributed by atoms with Gasteiger partial charge in [0.2, 0.25) is 0 Å². The third-order valence-electron chi connectivity index (χ3n) is 8.81. The van der Waals surface area contributed by atoms with Gasteiger partial charge in [-0.3, -0.25) is 28.8 Å². The van der Waals surface area contributed by atoms with Crippen LogP contribution in [0.1, 0.15) is 119 Å². The predicted molar refractivity (Wildman–Crippen MR) is 258 cm³/mol. The minimum atomic E-state index is -0.380. The number of methoxy groups -OCH3 is 3. The summed E-state index contributed by atoms with van der Waals surface area (Å²) in [7, 11) is 7.05. The van der Waals surface area contributed by atoms with Crippen LogP contribution in [0.4, 0.5) is 0 Å². The Morgan fingerprint density at radius 1 is 0.379 bits per heavy atom. The molecular weight excluding hydrogens is 853 g/mol. The first-order valence-electron chi connectivity index (χ1n) is 21.1. The molecule has 0 aliphatic carbocycles. The van der Waals surface area contributed by atoms with Crippen LogP contribution in [0.3, 0.4) is 0 Å². The van der Waals surface area contributed by atoms with Gasteiger partial charge in [-0.2, -0.15) is 0 Å². The van der Waals surface area contributed by atoms with Gasteiger partial charge in [-0.05, 0) is 77.5 Å². The van der Waals surface area contributed by atoms with Crippen LogP contribution >= 0.6 is 0 Å². The minimum Gasteiger partial charge on any atom is -0.469 e. The SMILES string of the molecule is CCC(C)(C)C(=O)OCc1ccccc1.CCC(C)(C)C(=O)OCc1ccccc1.CCC(C)(C)C(=O)OCc1ccccc1.CO.CO.CO.COC(C)=O.COC(C)=O.COC(C)=O. The summed E-state index contributed by atoms with van der Waals surface area (Å²) in [6, 6.07) is 29.2. The molecule has 0 bridgehead atoms. The van der Waals surface area contributed by atoms with Crippen molar-refractivity contribution in [1.82, 2.24) is 0 Å². The molecule has 15 nitrogen and oxygen atoms in total. The highest BCUT2D eigenvalue weighted by Crippen LogP contribution is 2.24. The van der Waals surface area contributed by atoms with Crippen molar-refractivity contribution in [3.8, 4) is 0 Å². The van der Waals surface area contributed by atoms with E-state index in [4.69, 9.17) is 29.5 Å². The lowest BCUT2D eigenvalue weighted by Gasteiger charge is -2.20. The molecule has 0 saturated carbocycles. The number of carbonyl (C=O) groups is 6. The lowest BCUT2D eigenvalue weighted by molar-refractivity contribution is -0.156. The highest BCUT2D eigenvalue weighted by atomic mass is 16.5. The van der Waals surface area contributed by atoms with Crippen molar-refractivity contribution in [2.45, 2.75) is 122 Å². The fourth-order valence-electron chi connectivity index (χ4n) is 3.19. The lowest BCUT2D eigenvalue weighted by atomic mass is 9.91. The summed E-state index contributed by atoms with van der Waals surface area (Å²) in [6.07, 6.45) is 2.38. The number of ether oxygens (including phenoxy) is 6. The molecule has 0 aliphatic rings. The van der Waals surface area contributed by atoms with Gasteiger partial charge in [-0.15, -0.1) is 0 Å². The summed E-state index contributed by atoms with van der Waals surface area (Å²) in [5.74, 6) is -1.13. The van der Waals surface area contributed by atoms with E-state index in [-0.39, 0.29) is 52.1 Å². The van der Waals surface area contributed by atoms with Gasteiger partial charge >= 0.3 is 35.8 Å². The maximum absolute atomic E-state index is 11.6. The molecule has 0 atom stereocenters. The number of aliphatic hydroxyl groups excluding tert-OH is 3. The number of rotatable bonds is 12. The summed E-state index contributed by atoms with van der Waals surface area (Å²) >= 11 is 0. The van der Waals surface area contributed by atoms with Gasteiger partial charge in [0.05, 0.1) is 37.6 Å². The van der Waals surface area contributed by atoms with Crippen LogP contribution in [-0.4, -0.2) is 93.8 Å². The zero-order valence-electron chi connectivity index (χ0n) is 43.1. The van der Waals surface area contributed by atoms with Gasteiger partial charge in [0.15, 0.2) is 0 Å². The van der Waals surface area contributed by atoms with Crippen LogP contribution < -0.4 is 0 Å². The van der Waals surface area contributed by atoms with Crippen LogP contribution in [0.5, 0.6) is 0 Å². The van der Waals surface area contributed by atoms with Crippen LogP contribution in [0.15, 0.2) is 91.0 Å². The van der Waals surface area contributed by atoms with Crippen molar-refractivity contribution in [3.63, 3.8) is 0 Å². The molecule has 0 fully saturated rings. The van der Waals surface area contributed by atoms with E-state index in [1.54, 1.807) is 0 Å². The smallest absolute Gasteiger partial charge is 0.311 e. The highest BCUT2D eigenvalue weighted by molar-refractivity contribution is 5.76. The molecule has 0 aromatic heterocycles. The van der Waals surface area contributed by atoms with Crippen LogP contribution in [0.25, 0.3) is 0 Å². The molecule has 0 aliphatic heterocycles. The molecule has 3 aromatic carbocycles. The number of hydrogen-bond donors (Lipinski definition) is 3. The fraction of sp³-hybridized carbons (Fsp3) is 0.529. The maximum Gasteiger partial charge on any atom is 0.311 e. The standard InChI is InChI=1S/3C13H18O2.3C3H6O2.3CH4O/c3*1-4-13(2,3)12(14)15-10-11-8-6-5-7-9-11;3*1-3(4)5-2;3*1-2/h3*5-9H,4,10H2,1-3H3;3*1-2H3;3*2H,1H3. The Balaban J connectivity index is -0.000000169. The molecule has 3 aromatic rings. The van der Waals surface area contributed by atoms with E-state index in [1.807, 2.05) is 153 Å². The van der Waals surface area contributed by atoms with E-state index in [1.165, 1.54) is 42.1 Å². The minimum absolute atomic E-state index is 0.131. The van der Waals surface area contributed by atoms with E-state index in [0.717, 1.165) is 57.3 Å². The second kappa shape index (κ2) is 45.9. The third kappa shape index (κ3) is 43.6. The quantitative estimate of drug-likeness (QED) is 0.114. The van der Waals surface area contributed by atoms with Gasteiger partial charge in [0, 0.05) is 42.1 Å². The number of hydrogen-bond acceptors (Lipinski definition) is 15. The molecule has 66 heavy (non-hydrogen) atoms. The largest absolute Gasteiger partial charge is 0.469 e. The zero-order chi connectivity index (χ0) is 52.8. The maximum atomic E-state index is 11.6. The Kier molecular flexibility index (Phi) is 50.1. The molecule has 0 heterocycles. The molecule has 0 amide bonds. The summed E-state index contributed by atoms with van der Waals surface area (Å²) in [5, 5.41) is 21.0. The first kappa shape index (κ1) is 72.0. The van der Waals surface area contributed by atoms with Gasteiger partial charge in [0.1, 0.15) is 19.8 Å². The Morgan fingerprint density at radius 3 is 0.652 bits per heavy atom. The van der Waals surface area contributed by atoms with E-state index in [0.29, 0.717) is 19.8 Å². The monoisotopic (exact) mass is 937 g/mol. The second-order valence-electron chi connectivity index (χ2n) is 15.0. The van der Waals surface area contributed by atoms with Crippen LogP contribution in [0, 0.1) is 16.2 Å². The Bertz CT molecular complexity index is 1430. The molecule has 0 radical (unpaired) electrons. The highest BCUT2D eigenvalue weighted by Gasteiger charge is 2.28. The predicted octanol–water partition coefficient (Wildman–Crippen LogP) is 8.86. The number of esters is 6. The molecule has 0 saturated heterocycles. The fourth-order valence-corrected chi connectivity index (χ4v) is 3.19. The molecular formula is C51H84O15. The normalized spacial score (nSPS) is 9.41. The number of aliphatic hydroxyl groups is 3. The van der Waals surface area contributed by atoms with E-state index in [2.05, 4.69) is 14.2 Å². The van der Waals surface area contributed by atoms with E-state index in [9.17, 15) is 28.8 Å². The Labute approximate surface area is 396 Å². The van der Waals surface area contributed by atoms with Gasteiger partial charge in [0.25, 0.3) is 0 Å². The van der Waals surface area contributed by atoms with Gasteiger partial charge in [-0.25, -0.2) is 0 Å². The molecule has 3 N–H and O–H groups in total. The van der Waals surface area contributed by atoms with E-state index < -0.39 is 0 Å². The van der Waals surface area contributed by atoms with Crippen molar-refractivity contribution in [2.24, 2.45) is 16.2 Å². The van der Waals surface area contributed by atoms with Crippen LogP contribution in [0.2, 0.25) is 0 Å². The van der Waals surface area contributed by atoms with Crippen molar-refractivity contribution in [3.05, 3.63) is 108 Å². The van der Waals surface area contributed by atoms with Crippen LogP contribution in [-0.2, 0) is 77.0 Å². The number of carbonyl (C=O) groups excluding carboxylic acids is 6. The summed E-state index contributed by atoms with van der Waals surface area (Å²) in [6.45, 7) is 22.6. The Morgan fingerprint density at radius 2 is 0.530 bits per heavy atom. The van der Waals surface area contributed by atoms with Crippen molar-refractivity contribution in [1.29, 1.82) is 0 Å².